The van der Waals surface area contributed by atoms with Crippen molar-refractivity contribution in [3.05, 3.63) is 33.2 Å². The van der Waals surface area contributed by atoms with Crippen LogP contribution in [0.15, 0.2) is 5.38 Å². The lowest BCUT2D eigenvalue weighted by Crippen LogP contribution is -2.12. The molecule has 2 rings (SSSR count). The maximum Gasteiger partial charge on any atom is 0.148 e. The Morgan fingerprint density at radius 2 is 1.76 bits per heavy atom. The van der Waals surface area contributed by atoms with E-state index in [-0.39, 0.29) is 5.41 Å². The van der Waals surface area contributed by atoms with Crippen molar-refractivity contribution in [2.24, 2.45) is 0 Å². The summed E-state index contributed by atoms with van der Waals surface area (Å²) in [5.41, 5.74) is 4.18. The lowest BCUT2D eigenvalue weighted by Gasteiger charge is -2.14. The number of thiazole rings is 1. The van der Waals surface area contributed by atoms with Crippen LogP contribution in [0.25, 0.3) is 0 Å². The molecular formula is C16H24N4S. The van der Waals surface area contributed by atoms with Gasteiger partial charge in [-0.2, -0.15) is 0 Å². The second kappa shape index (κ2) is 6.10. The minimum Gasteiger partial charge on any atom is -0.369 e. The monoisotopic (exact) mass is 304 g/mol. The zero-order valence-corrected chi connectivity index (χ0v) is 14.6. The Labute approximate surface area is 131 Å². The molecule has 21 heavy (non-hydrogen) atoms. The quantitative estimate of drug-likeness (QED) is 0.931. The van der Waals surface area contributed by atoms with Crippen LogP contribution in [0.3, 0.4) is 0 Å². The molecule has 2 heterocycles. The molecule has 0 bridgehead atoms. The van der Waals surface area contributed by atoms with Crippen molar-refractivity contribution in [2.45, 2.75) is 53.4 Å². The molecule has 0 saturated carbocycles. The van der Waals surface area contributed by atoms with Gasteiger partial charge in [-0.05, 0) is 20.8 Å². The van der Waals surface area contributed by atoms with E-state index in [9.17, 15) is 0 Å². The van der Waals surface area contributed by atoms with Gasteiger partial charge in [0.1, 0.15) is 5.82 Å². The first-order chi connectivity index (χ1) is 9.81. The summed E-state index contributed by atoms with van der Waals surface area (Å²) in [4.78, 5) is 14.1. The van der Waals surface area contributed by atoms with Gasteiger partial charge in [-0.1, -0.05) is 20.8 Å². The number of nitrogens with zero attached hydrogens (tertiary/aromatic N) is 3. The van der Waals surface area contributed by atoms with E-state index in [1.54, 1.807) is 11.3 Å². The van der Waals surface area contributed by atoms with Gasteiger partial charge in [-0.3, -0.25) is 4.98 Å². The molecule has 0 saturated heterocycles. The van der Waals surface area contributed by atoms with E-state index in [4.69, 9.17) is 9.97 Å². The number of nitrogens with one attached hydrogen (secondary N) is 1. The van der Waals surface area contributed by atoms with E-state index in [2.05, 4.69) is 43.4 Å². The molecule has 0 fully saturated rings. The highest BCUT2D eigenvalue weighted by Gasteiger charge is 2.18. The van der Waals surface area contributed by atoms with Crippen molar-refractivity contribution in [1.82, 2.24) is 15.0 Å². The average Bonchev–Trinajstić information content (AvgIpc) is 2.84. The van der Waals surface area contributed by atoms with Crippen LogP contribution in [0.5, 0.6) is 0 Å². The van der Waals surface area contributed by atoms with E-state index in [0.717, 1.165) is 46.6 Å². The Morgan fingerprint density at radius 3 is 2.33 bits per heavy atom. The molecule has 4 nitrogen and oxygen atoms in total. The molecule has 0 radical (unpaired) electrons. The maximum atomic E-state index is 4.75. The summed E-state index contributed by atoms with van der Waals surface area (Å²) in [6, 6.07) is 0. The molecule has 0 atom stereocenters. The molecule has 0 spiro atoms. The van der Waals surface area contributed by atoms with Gasteiger partial charge >= 0.3 is 0 Å². The third-order valence-corrected chi connectivity index (χ3v) is 4.21. The van der Waals surface area contributed by atoms with Crippen LogP contribution in [0.4, 0.5) is 5.82 Å². The lowest BCUT2D eigenvalue weighted by atomic mass is 9.93. The van der Waals surface area contributed by atoms with Gasteiger partial charge in [-0.15, -0.1) is 11.3 Å². The second-order valence-corrected chi connectivity index (χ2v) is 7.22. The average molecular weight is 304 g/mol. The van der Waals surface area contributed by atoms with Gasteiger partial charge in [0.2, 0.25) is 0 Å². The fourth-order valence-corrected chi connectivity index (χ4v) is 2.99. The zero-order valence-electron chi connectivity index (χ0n) is 13.7. The lowest BCUT2D eigenvalue weighted by molar-refractivity contribution is 0.571. The number of rotatable bonds is 4. The summed E-state index contributed by atoms with van der Waals surface area (Å²) in [6.45, 7) is 13.5. The Balaban J connectivity index is 2.30. The van der Waals surface area contributed by atoms with Crippen LogP contribution < -0.4 is 5.32 Å². The predicted molar refractivity (Wildman–Crippen MR) is 89.3 cm³/mol. The molecular weight excluding hydrogens is 280 g/mol. The molecule has 0 unspecified atom stereocenters. The highest BCUT2D eigenvalue weighted by Crippen LogP contribution is 2.26. The first kappa shape index (κ1) is 15.9. The standard InChI is InChI=1S/C16H24N4S/c1-7-17-15-12(18-10(2)11(3)19-15)8-14-20-13(9-21-14)16(4,5)6/h9H,7-8H2,1-6H3,(H,17,19). The summed E-state index contributed by atoms with van der Waals surface area (Å²) in [5, 5.41) is 6.55. The topological polar surface area (TPSA) is 50.7 Å². The van der Waals surface area contributed by atoms with Crippen LogP contribution in [-0.2, 0) is 11.8 Å². The highest BCUT2D eigenvalue weighted by atomic mass is 32.1. The van der Waals surface area contributed by atoms with Crippen molar-refractivity contribution < 1.29 is 0 Å². The summed E-state index contributed by atoms with van der Waals surface area (Å²) < 4.78 is 0. The van der Waals surface area contributed by atoms with Gasteiger partial charge in [0.15, 0.2) is 0 Å². The van der Waals surface area contributed by atoms with E-state index < -0.39 is 0 Å². The largest absolute Gasteiger partial charge is 0.369 e. The van der Waals surface area contributed by atoms with Crippen LogP contribution in [0, 0.1) is 13.8 Å². The smallest absolute Gasteiger partial charge is 0.148 e. The van der Waals surface area contributed by atoms with E-state index in [1.165, 1.54) is 0 Å². The molecule has 0 amide bonds. The number of aromatic nitrogens is 3. The van der Waals surface area contributed by atoms with Crippen molar-refractivity contribution in [3.63, 3.8) is 0 Å². The number of hydrogen-bond donors (Lipinski definition) is 1. The molecule has 2 aromatic heterocycles. The summed E-state index contributed by atoms with van der Waals surface area (Å²) in [7, 11) is 0. The van der Waals surface area contributed by atoms with Crippen LogP contribution in [0.2, 0.25) is 0 Å². The van der Waals surface area contributed by atoms with Gasteiger partial charge in [0, 0.05) is 23.8 Å². The molecule has 0 aliphatic heterocycles. The Bertz CT molecular complexity index is 626. The van der Waals surface area contributed by atoms with E-state index >= 15 is 0 Å². The van der Waals surface area contributed by atoms with Gasteiger partial charge in [-0.25, -0.2) is 9.97 Å². The summed E-state index contributed by atoms with van der Waals surface area (Å²) in [6.07, 6.45) is 0.733. The first-order valence-corrected chi connectivity index (χ1v) is 8.22. The van der Waals surface area contributed by atoms with Crippen molar-refractivity contribution >= 4 is 17.2 Å². The fourth-order valence-electron chi connectivity index (χ4n) is 1.96. The third-order valence-electron chi connectivity index (χ3n) is 3.36. The van der Waals surface area contributed by atoms with Gasteiger partial charge in [0.05, 0.1) is 27.8 Å². The molecule has 0 aliphatic rings. The predicted octanol–water partition coefficient (Wildman–Crippen LogP) is 3.87. The highest BCUT2D eigenvalue weighted by molar-refractivity contribution is 7.09. The van der Waals surface area contributed by atoms with Crippen molar-refractivity contribution in [1.29, 1.82) is 0 Å². The molecule has 1 N–H and O–H groups in total. The minimum absolute atomic E-state index is 0.0914. The molecule has 0 aromatic carbocycles. The SMILES string of the molecule is CCNc1nc(C)c(C)nc1Cc1nc(C(C)(C)C)cs1. The van der Waals surface area contributed by atoms with Crippen LogP contribution >= 0.6 is 11.3 Å². The maximum absolute atomic E-state index is 4.75. The van der Waals surface area contributed by atoms with Gasteiger partial charge < -0.3 is 5.32 Å². The van der Waals surface area contributed by atoms with Gasteiger partial charge in [0.25, 0.3) is 0 Å². The summed E-state index contributed by atoms with van der Waals surface area (Å²) in [5.74, 6) is 0.883. The number of hydrogen-bond acceptors (Lipinski definition) is 5. The Kier molecular flexibility index (Phi) is 4.61. The third kappa shape index (κ3) is 3.79. The fraction of sp³-hybridized carbons (Fsp3) is 0.562. The van der Waals surface area contributed by atoms with E-state index in [0.29, 0.717) is 0 Å². The van der Waals surface area contributed by atoms with Crippen molar-refractivity contribution in [2.75, 3.05) is 11.9 Å². The van der Waals surface area contributed by atoms with Crippen LogP contribution in [-0.4, -0.2) is 21.5 Å². The normalized spacial score (nSPS) is 11.7. The number of anilines is 1. The summed E-state index contributed by atoms with van der Waals surface area (Å²) >= 11 is 1.70. The zero-order chi connectivity index (χ0) is 15.6. The second-order valence-electron chi connectivity index (χ2n) is 6.27. The van der Waals surface area contributed by atoms with Crippen molar-refractivity contribution in [3.8, 4) is 0 Å². The molecule has 0 aliphatic carbocycles. The minimum atomic E-state index is 0.0914. The molecule has 5 heteroatoms. The van der Waals surface area contributed by atoms with E-state index in [1.807, 2.05) is 13.8 Å². The number of aryl methyl sites for hydroxylation is 2. The first-order valence-electron chi connectivity index (χ1n) is 7.34. The molecule has 114 valence electrons. The Morgan fingerprint density at radius 1 is 1.10 bits per heavy atom. The van der Waals surface area contributed by atoms with Crippen LogP contribution in [0.1, 0.15) is 55.5 Å². The Hall–Kier alpha value is -1.49. The molecule has 2 aromatic rings.